The minimum atomic E-state index is -0.279. The normalized spacial score (nSPS) is 10.2. The van der Waals surface area contributed by atoms with Crippen molar-refractivity contribution in [1.29, 1.82) is 0 Å². The van der Waals surface area contributed by atoms with Gasteiger partial charge in [0, 0.05) is 5.69 Å². The third-order valence-corrected chi connectivity index (χ3v) is 2.78. The second-order valence-corrected chi connectivity index (χ2v) is 4.20. The first-order chi connectivity index (χ1) is 9.83. The first-order valence-electron chi connectivity index (χ1n) is 6.17. The summed E-state index contributed by atoms with van der Waals surface area (Å²) in [5.41, 5.74) is 1.86. The van der Waals surface area contributed by atoms with Gasteiger partial charge in [0.15, 0.2) is 5.69 Å². The van der Waals surface area contributed by atoms with E-state index in [0.717, 1.165) is 11.4 Å². The standard InChI is InChI=1S/C15H12N4O/c20-15(16-12-7-3-1-4-8-12)14-11-19(18-17-14)13-9-5-2-6-10-13/h1-11H,(H,16,20). The van der Waals surface area contributed by atoms with Crippen molar-refractivity contribution >= 4 is 11.6 Å². The van der Waals surface area contributed by atoms with Gasteiger partial charge in [-0.15, -0.1) is 5.10 Å². The van der Waals surface area contributed by atoms with Crippen LogP contribution in [0.5, 0.6) is 0 Å². The second-order valence-electron chi connectivity index (χ2n) is 4.20. The number of anilines is 1. The molecule has 20 heavy (non-hydrogen) atoms. The highest BCUT2D eigenvalue weighted by atomic mass is 16.2. The Hall–Kier alpha value is -2.95. The van der Waals surface area contributed by atoms with Crippen LogP contribution in [0.25, 0.3) is 5.69 Å². The molecule has 0 saturated carbocycles. The fourth-order valence-corrected chi connectivity index (χ4v) is 1.79. The Bertz CT molecular complexity index is 707. The predicted octanol–water partition coefficient (Wildman–Crippen LogP) is 2.52. The third-order valence-electron chi connectivity index (χ3n) is 2.78. The molecule has 0 aliphatic carbocycles. The van der Waals surface area contributed by atoms with E-state index in [0.29, 0.717) is 0 Å². The second kappa shape index (κ2) is 5.36. The third kappa shape index (κ3) is 2.56. The van der Waals surface area contributed by atoms with Gasteiger partial charge in [-0.25, -0.2) is 4.68 Å². The van der Waals surface area contributed by atoms with Gasteiger partial charge in [0.2, 0.25) is 0 Å². The molecular formula is C15H12N4O. The molecule has 0 radical (unpaired) electrons. The van der Waals surface area contributed by atoms with Gasteiger partial charge in [-0.1, -0.05) is 41.6 Å². The maximum absolute atomic E-state index is 12.0. The van der Waals surface area contributed by atoms with E-state index in [2.05, 4.69) is 15.6 Å². The van der Waals surface area contributed by atoms with Crippen LogP contribution in [-0.4, -0.2) is 20.9 Å². The van der Waals surface area contributed by atoms with Crippen molar-refractivity contribution in [2.75, 3.05) is 5.32 Å². The lowest BCUT2D eigenvalue weighted by atomic mass is 10.3. The maximum atomic E-state index is 12.0. The number of aromatic nitrogens is 3. The fourth-order valence-electron chi connectivity index (χ4n) is 1.79. The molecule has 1 aromatic heterocycles. The molecule has 5 nitrogen and oxygen atoms in total. The number of hydrogen-bond acceptors (Lipinski definition) is 3. The first kappa shape index (κ1) is 12.1. The van der Waals surface area contributed by atoms with Crippen LogP contribution >= 0.6 is 0 Å². The Kier molecular flexibility index (Phi) is 3.24. The van der Waals surface area contributed by atoms with E-state index in [4.69, 9.17) is 0 Å². The van der Waals surface area contributed by atoms with Gasteiger partial charge in [0.25, 0.3) is 5.91 Å². The first-order valence-corrected chi connectivity index (χ1v) is 6.17. The number of nitrogens with one attached hydrogen (secondary N) is 1. The van der Waals surface area contributed by atoms with Gasteiger partial charge in [0.05, 0.1) is 11.9 Å². The summed E-state index contributed by atoms with van der Waals surface area (Å²) in [6.45, 7) is 0. The number of amides is 1. The van der Waals surface area contributed by atoms with Crippen LogP contribution in [0, 0.1) is 0 Å². The summed E-state index contributed by atoms with van der Waals surface area (Å²) < 4.78 is 1.57. The Morgan fingerprint density at radius 3 is 2.30 bits per heavy atom. The number of para-hydroxylation sites is 2. The molecular weight excluding hydrogens is 252 g/mol. The molecule has 3 rings (SSSR count). The van der Waals surface area contributed by atoms with Crippen LogP contribution in [-0.2, 0) is 0 Å². The van der Waals surface area contributed by atoms with Crippen molar-refractivity contribution in [2.24, 2.45) is 0 Å². The summed E-state index contributed by atoms with van der Waals surface area (Å²) >= 11 is 0. The number of carbonyl (C=O) groups is 1. The van der Waals surface area contributed by atoms with E-state index in [9.17, 15) is 4.79 Å². The average molecular weight is 264 g/mol. The molecule has 1 amide bonds. The van der Waals surface area contributed by atoms with Gasteiger partial charge in [-0.3, -0.25) is 4.79 Å². The zero-order chi connectivity index (χ0) is 13.8. The van der Waals surface area contributed by atoms with E-state index in [1.54, 1.807) is 10.9 Å². The van der Waals surface area contributed by atoms with Crippen molar-refractivity contribution in [3.63, 3.8) is 0 Å². The molecule has 0 fully saturated rings. The molecule has 5 heteroatoms. The van der Waals surface area contributed by atoms with Gasteiger partial charge < -0.3 is 5.32 Å². The van der Waals surface area contributed by atoms with Crippen molar-refractivity contribution < 1.29 is 4.79 Å². The molecule has 0 bridgehead atoms. The highest BCUT2D eigenvalue weighted by molar-refractivity contribution is 6.02. The number of benzene rings is 2. The molecule has 0 atom stereocenters. The molecule has 2 aromatic carbocycles. The van der Waals surface area contributed by atoms with Crippen LogP contribution < -0.4 is 5.32 Å². The average Bonchev–Trinajstić information content (AvgIpc) is 2.99. The minimum absolute atomic E-state index is 0.276. The summed E-state index contributed by atoms with van der Waals surface area (Å²) in [6.07, 6.45) is 1.60. The Balaban J connectivity index is 1.79. The molecule has 0 saturated heterocycles. The zero-order valence-corrected chi connectivity index (χ0v) is 10.6. The molecule has 98 valence electrons. The molecule has 1 heterocycles. The van der Waals surface area contributed by atoms with Crippen molar-refractivity contribution in [3.8, 4) is 5.69 Å². The van der Waals surface area contributed by atoms with Crippen LogP contribution in [0.1, 0.15) is 10.5 Å². The number of carbonyl (C=O) groups excluding carboxylic acids is 1. The summed E-state index contributed by atoms with van der Waals surface area (Å²) in [5.74, 6) is -0.279. The largest absolute Gasteiger partial charge is 0.321 e. The lowest BCUT2D eigenvalue weighted by molar-refractivity contribution is 0.102. The lowest BCUT2D eigenvalue weighted by Crippen LogP contribution is -2.12. The molecule has 0 aliphatic heterocycles. The topological polar surface area (TPSA) is 59.8 Å². The minimum Gasteiger partial charge on any atom is -0.321 e. The van der Waals surface area contributed by atoms with E-state index in [1.807, 2.05) is 60.7 Å². The smallest absolute Gasteiger partial charge is 0.277 e. The molecule has 3 aromatic rings. The quantitative estimate of drug-likeness (QED) is 0.790. The Labute approximate surface area is 115 Å². The summed E-state index contributed by atoms with van der Waals surface area (Å²) in [6, 6.07) is 18.8. The van der Waals surface area contributed by atoms with Crippen LogP contribution in [0.3, 0.4) is 0 Å². The Morgan fingerprint density at radius 2 is 1.60 bits per heavy atom. The maximum Gasteiger partial charge on any atom is 0.277 e. The number of nitrogens with zero attached hydrogens (tertiary/aromatic N) is 3. The highest BCUT2D eigenvalue weighted by Gasteiger charge is 2.11. The number of rotatable bonds is 3. The van der Waals surface area contributed by atoms with Crippen LogP contribution in [0.4, 0.5) is 5.69 Å². The van der Waals surface area contributed by atoms with E-state index < -0.39 is 0 Å². The summed E-state index contributed by atoms with van der Waals surface area (Å²) in [4.78, 5) is 12.0. The monoisotopic (exact) mass is 264 g/mol. The van der Waals surface area contributed by atoms with Gasteiger partial charge in [-0.2, -0.15) is 0 Å². The lowest BCUT2D eigenvalue weighted by Gasteiger charge is -2.01. The van der Waals surface area contributed by atoms with Gasteiger partial charge in [0.1, 0.15) is 0 Å². The van der Waals surface area contributed by atoms with Crippen LogP contribution in [0.15, 0.2) is 66.9 Å². The van der Waals surface area contributed by atoms with E-state index in [-0.39, 0.29) is 11.6 Å². The van der Waals surface area contributed by atoms with E-state index in [1.165, 1.54) is 0 Å². The van der Waals surface area contributed by atoms with Gasteiger partial charge >= 0.3 is 0 Å². The molecule has 0 spiro atoms. The van der Waals surface area contributed by atoms with E-state index >= 15 is 0 Å². The summed E-state index contributed by atoms with van der Waals surface area (Å²) in [7, 11) is 0. The molecule has 0 unspecified atom stereocenters. The molecule has 0 aliphatic rings. The molecule has 1 N–H and O–H groups in total. The summed E-state index contributed by atoms with van der Waals surface area (Å²) in [5, 5.41) is 10.6. The van der Waals surface area contributed by atoms with Gasteiger partial charge in [-0.05, 0) is 24.3 Å². The SMILES string of the molecule is O=C(Nc1ccccc1)c1cn(-c2ccccc2)nn1. The van der Waals surface area contributed by atoms with Crippen molar-refractivity contribution in [1.82, 2.24) is 15.0 Å². The highest BCUT2D eigenvalue weighted by Crippen LogP contribution is 2.09. The predicted molar refractivity (Wildman–Crippen MR) is 75.8 cm³/mol. The van der Waals surface area contributed by atoms with Crippen LogP contribution in [0.2, 0.25) is 0 Å². The zero-order valence-electron chi connectivity index (χ0n) is 10.6. The van der Waals surface area contributed by atoms with Crippen molar-refractivity contribution in [3.05, 3.63) is 72.6 Å². The fraction of sp³-hybridized carbons (Fsp3) is 0. The number of hydrogen-bond donors (Lipinski definition) is 1. The Morgan fingerprint density at radius 1 is 0.950 bits per heavy atom. The van der Waals surface area contributed by atoms with Crippen molar-refractivity contribution in [2.45, 2.75) is 0 Å².